The minimum Gasteiger partial charge on any atom is -0.378 e. The molecule has 1 heterocycles. The number of Topliss-reactive ketones (excluding diaryl/α,β-unsaturated/α-hetero) is 2. The van der Waals surface area contributed by atoms with Crippen LogP contribution >= 0.6 is 0 Å². The Morgan fingerprint density at radius 2 is 1.33 bits per heavy atom. The number of hydrogen-bond donors (Lipinski definition) is 1. The number of hydrogen-bond acceptors (Lipinski definition) is 4. The second-order valence-corrected chi connectivity index (χ2v) is 7.96. The molecule has 5 heteroatoms. The highest BCUT2D eigenvalue weighted by Gasteiger charge is 2.61. The van der Waals surface area contributed by atoms with Crippen molar-refractivity contribution >= 4 is 28.8 Å². The monoisotopic (exact) mass is 396 g/mol. The standard InChI is InChI=1S/C25H20N2O3/c1-27(2)16-13-11-15(12-14-16)25(19-9-5-6-10-20(19)26-24(25)30)21-22(28)17-7-3-4-8-18(17)23(21)29/h3-14,21H,1-2H3,(H,26,30). The Hall–Kier alpha value is -3.73. The van der Waals surface area contributed by atoms with Gasteiger partial charge < -0.3 is 10.2 Å². The quantitative estimate of drug-likeness (QED) is 0.686. The van der Waals surface area contributed by atoms with E-state index in [-0.39, 0.29) is 17.5 Å². The summed E-state index contributed by atoms with van der Waals surface area (Å²) in [5, 5.41) is 2.92. The van der Waals surface area contributed by atoms with Crippen LogP contribution in [0.5, 0.6) is 0 Å². The van der Waals surface area contributed by atoms with Crippen molar-refractivity contribution in [2.24, 2.45) is 5.92 Å². The molecule has 30 heavy (non-hydrogen) atoms. The van der Waals surface area contributed by atoms with Crippen LogP contribution < -0.4 is 10.2 Å². The van der Waals surface area contributed by atoms with Crippen LogP contribution in [-0.2, 0) is 10.2 Å². The molecule has 0 saturated heterocycles. The van der Waals surface area contributed by atoms with Crippen LogP contribution in [0.2, 0.25) is 0 Å². The zero-order valence-corrected chi connectivity index (χ0v) is 16.7. The molecule has 5 nitrogen and oxygen atoms in total. The van der Waals surface area contributed by atoms with Crippen molar-refractivity contribution in [1.29, 1.82) is 0 Å². The summed E-state index contributed by atoms with van der Waals surface area (Å²) in [5.74, 6) is -2.09. The zero-order chi connectivity index (χ0) is 21.0. The van der Waals surface area contributed by atoms with Crippen molar-refractivity contribution in [3.8, 4) is 0 Å². The molecule has 1 unspecified atom stereocenters. The van der Waals surface area contributed by atoms with Crippen LogP contribution in [0, 0.1) is 5.92 Å². The van der Waals surface area contributed by atoms with E-state index in [0.717, 1.165) is 5.69 Å². The Morgan fingerprint density at radius 3 is 1.93 bits per heavy atom. The minimum atomic E-state index is -1.41. The Morgan fingerprint density at radius 1 is 0.767 bits per heavy atom. The highest BCUT2D eigenvalue weighted by molar-refractivity contribution is 6.31. The molecule has 1 atom stereocenters. The maximum Gasteiger partial charge on any atom is 0.240 e. The summed E-state index contributed by atoms with van der Waals surface area (Å²) in [7, 11) is 3.87. The lowest BCUT2D eigenvalue weighted by atomic mass is 9.64. The van der Waals surface area contributed by atoms with Crippen molar-refractivity contribution in [2.45, 2.75) is 5.41 Å². The Labute approximate surface area is 174 Å². The van der Waals surface area contributed by atoms with Gasteiger partial charge in [-0.3, -0.25) is 14.4 Å². The normalized spacial score (nSPS) is 20.1. The molecule has 1 amide bonds. The van der Waals surface area contributed by atoms with E-state index < -0.39 is 11.3 Å². The molecule has 2 aliphatic rings. The van der Waals surface area contributed by atoms with Gasteiger partial charge in [0.05, 0.1) is 0 Å². The van der Waals surface area contributed by atoms with E-state index >= 15 is 0 Å². The van der Waals surface area contributed by atoms with Gasteiger partial charge in [0.2, 0.25) is 5.91 Å². The van der Waals surface area contributed by atoms with Gasteiger partial charge in [0, 0.05) is 36.6 Å². The van der Waals surface area contributed by atoms with E-state index in [1.807, 2.05) is 61.5 Å². The molecule has 1 aliphatic heterocycles. The second-order valence-electron chi connectivity index (χ2n) is 7.96. The number of ketones is 2. The van der Waals surface area contributed by atoms with Gasteiger partial charge in [-0.2, -0.15) is 0 Å². The summed E-state index contributed by atoms with van der Waals surface area (Å²) in [4.78, 5) is 42.5. The number of nitrogens with one attached hydrogen (secondary N) is 1. The Bertz CT molecular complexity index is 1180. The fourth-order valence-corrected chi connectivity index (χ4v) is 4.78. The van der Waals surface area contributed by atoms with Crippen molar-refractivity contribution in [3.05, 3.63) is 95.1 Å². The molecule has 0 fully saturated rings. The van der Waals surface area contributed by atoms with E-state index in [1.54, 1.807) is 30.3 Å². The number of carbonyl (C=O) groups excluding carboxylic acids is 3. The second kappa shape index (κ2) is 6.39. The molecular weight excluding hydrogens is 376 g/mol. The highest BCUT2D eigenvalue weighted by Crippen LogP contribution is 2.51. The molecule has 0 aromatic heterocycles. The van der Waals surface area contributed by atoms with E-state index in [1.165, 1.54) is 0 Å². The number of amides is 1. The van der Waals surface area contributed by atoms with Gasteiger partial charge >= 0.3 is 0 Å². The van der Waals surface area contributed by atoms with E-state index in [0.29, 0.717) is 27.9 Å². The van der Waals surface area contributed by atoms with Crippen molar-refractivity contribution in [1.82, 2.24) is 0 Å². The molecule has 0 spiro atoms. The van der Waals surface area contributed by atoms with Gasteiger partial charge in [0.25, 0.3) is 0 Å². The Kier molecular flexibility index (Phi) is 3.90. The van der Waals surface area contributed by atoms with Gasteiger partial charge in [-0.25, -0.2) is 0 Å². The predicted octanol–water partition coefficient (Wildman–Crippen LogP) is 3.69. The summed E-state index contributed by atoms with van der Waals surface area (Å²) in [6.07, 6.45) is 0. The first-order valence-electron chi connectivity index (χ1n) is 9.82. The number of anilines is 2. The molecule has 5 rings (SSSR count). The highest BCUT2D eigenvalue weighted by atomic mass is 16.2. The number of fused-ring (bicyclic) bond motifs is 2. The van der Waals surface area contributed by atoms with Crippen LogP contribution in [0.4, 0.5) is 11.4 Å². The molecule has 148 valence electrons. The average molecular weight is 396 g/mol. The molecule has 0 saturated carbocycles. The van der Waals surface area contributed by atoms with E-state index in [4.69, 9.17) is 0 Å². The molecule has 1 aliphatic carbocycles. The molecule has 0 bridgehead atoms. The maximum atomic E-state index is 13.6. The van der Waals surface area contributed by atoms with Crippen LogP contribution in [0.25, 0.3) is 0 Å². The third-order valence-electron chi connectivity index (χ3n) is 6.21. The topological polar surface area (TPSA) is 66.5 Å². The average Bonchev–Trinajstić information content (AvgIpc) is 3.19. The largest absolute Gasteiger partial charge is 0.378 e. The SMILES string of the molecule is CN(C)c1ccc(C2(C3C(=O)c4ccccc4C3=O)C(=O)Nc3ccccc32)cc1. The van der Waals surface area contributed by atoms with Gasteiger partial charge in [-0.1, -0.05) is 54.6 Å². The first-order chi connectivity index (χ1) is 14.5. The van der Waals surface area contributed by atoms with Gasteiger partial charge in [0.1, 0.15) is 11.3 Å². The van der Waals surface area contributed by atoms with Crippen molar-refractivity contribution < 1.29 is 14.4 Å². The number of benzene rings is 3. The third kappa shape index (κ3) is 2.26. The fraction of sp³-hybridized carbons (Fsp3) is 0.160. The minimum absolute atomic E-state index is 0.306. The Balaban J connectivity index is 1.79. The summed E-state index contributed by atoms with van der Waals surface area (Å²) < 4.78 is 0. The first kappa shape index (κ1) is 18.3. The van der Waals surface area contributed by atoms with Crippen LogP contribution in [0.15, 0.2) is 72.8 Å². The van der Waals surface area contributed by atoms with Crippen LogP contribution in [0.3, 0.4) is 0 Å². The van der Waals surface area contributed by atoms with E-state index in [9.17, 15) is 14.4 Å². The van der Waals surface area contributed by atoms with Crippen LogP contribution in [0.1, 0.15) is 31.8 Å². The fourth-order valence-electron chi connectivity index (χ4n) is 4.78. The number of nitrogens with zero attached hydrogens (tertiary/aromatic N) is 1. The number of carbonyl (C=O) groups is 3. The van der Waals surface area contributed by atoms with Crippen molar-refractivity contribution in [3.63, 3.8) is 0 Å². The molecule has 0 radical (unpaired) electrons. The predicted molar refractivity (Wildman–Crippen MR) is 115 cm³/mol. The summed E-state index contributed by atoms with van der Waals surface area (Å²) >= 11 is 0. The van der Waals surface area contributed by atoms with Gasteiger partial charge in [-0.15, -0.1) is 0 Å². The number of rotatable bonds is 3. The lowest BCUT2D eigenvalue weighted by Crippen LogP contribution is -2.47. The van der Waals surface area contributed by atoms with Gasteiger partial charge in [0.15, 0.2) is 11.6 Å². The third-order valence-corrected chi connectivity index (χ3v) is 6.21. The molecule has 1 N–H and O–H groups in total. The van der Waals surface area contributed by atoms with E-state index in [2.05, 4.69) is 5.32 Å². The van der Waals surface area contributed by atoms with Crippen molar-refractivity contribution in [2.75, 3.05) is 24.3 Å². The number of para-hydroxylation sites is 1. The molecule has 3 aromatic rings. The van der Waals surface area contributed by atoms with Gasteiger partial charge in [-0.05, 0) is 29.3 Å². The molecule has 3 aromatic carbocycles. The lowest BCUT2D eigenvalue weighted by molar-refractivity contribution is -0.120. The lowest BCUT2D eigenvalue weighted by Gasteiger charge is -2.32. The first-order valence-corrected chi connectivity index (χ1v) is 9.82. The summed E-state index contributed by atoms with van der Waals surface area (Å²) in [5.41, 5.74) is 2.25. The summed E-state index contributed by atoms with van der Waals surface area (Å²) in [6.45, 7) is 0. The van der Waals surface area contributed by atoms with Crippen LogP contribution in [-0.4, -0.2) is 31.6 Å². The zero-order valence-electron chi connectivity index (χ0n) is 16.7. The summed E-state index contributed by atoms with van der Waals surface area (Å²) in [6, 6.07) is 21.6. The smallest absolute Gasteiger partial charge is 0.240 e. The molecular formula is C25H20N2O3. The maximum absolute atomic E-state index is 13.6.